The van der Waals surface area contributed by atoms with E-state index in [1.807, 2.05) is 20.8 Å². The maximum Gasteiger partial charge on any atom is 0.261 e. The summed E-state index contributed by atoms with van der Waals surface area (Å²) >= 11 is 18.5. The Hall–Kier alpha value is -1.95. The minimum atomic E-state index is -0.705. The SMILES string of the molecule is CCCNC(=O)[C@H](C)N(Cc1ccc(Cl)cc1Cl)C(=O)COc1cc(C)c(Cl)c(C)c1. The highest BCUT2D eigenvalue weighted by Crippen LogP contribution is 2.26. The van der Waals surface area contributed by atoms with Crippen molar-refractivity contribution in [2.75, 3.05) is 13.2 Å². The summed E-state index contributed by atoms with van der Waals surface area (Å²) in [6.07, 6.45) is 0.799. The van der Waals surface area contributed by atoms with Crippen LogP contribution in [0.3, 0.4) is 0 Å². The first-order valence-electron chi connectivity index (χ1n) is 10.0. The molecular weight excluding hydrogens is 459 g/mol. The zero-order valence-electron chi connectivity index (χ0n) is 18.1. The van der Waals surface area contributed by atoms with Crippen molar-refractivity contribution >= 4 is 46.6 Å². The zero-order valence-corrected chi connectivity index (χ0v) is 20.4. The molecule has 0 aliphatic rings. The Labute approximate surface area is 198 Å². The number of amides is 2. The van der Waals surface area contributed by atoms with Gasteiger partial charge in [0, 0.05) is 28.2 Å². The number of nitrogens with zero attached hydrogens (tertiary/aromatic N) is 1. The summed E-state index contributed by atoms with van der Waals surface area (Å²) in [5.74, 6) is -0.0331. The molecule has 8 heteroatoms. The van der Waals surface area contributed by atoms with E-state index in [2.05, 4.69) is 5.32 Å². The topological polar surface area (TPSA) is 58.6 Å². The van der Waals surface area contributed by atoms with E-state index in [1.54, 1.807) is 37.3 Å². The zero-order chi connectivity index (χ0) is 23.1. The normalized spacial score (nSPS) is 11.7. The molecule has 0 unspecified atom stereocenters. The van der Waals surface area contributed by atoms with Crippen molar-refractivity contribution in [3.8, 4) is 5.75 Å². The number of hydrogen-bond donors (Lipinski definition) is 1. The number of hydrogen-bond acceptors (Lipinski definition) is 3. The second-order valence-corrected chi connectivity index (χ2v) is 8.61. The standard InChI is InChI=1S/C23H27Cl3N2O3/c1-5-8-27-23(30)16(4)28(12-17-6-7-18(24)11-20(17)25)21(29)13-31-19-9-14(2)22(26)15(3)10-19/h6-7,9-11,16H,5,8,12-13H2,1-4H3,(H,27,30)/t16-/m0/s1. The van der Waals surface area contributed by atoms with E-state index in [-0.39, 0.29) is 25.0 Å². The Balaban J connectivity index is 2.21. The van der Waals surface area contributed by atoms with Gasteiger partial charge in [-0.05, 0) is 68.1 Å². The molecule has 0 aliphatic heterocycles. The van der Waals surface area contributed by atoms with Crippen LogP contribution in [0.1, 0.15) is 37.0 Å². The van der Waals surface area contributed by atoms with Gasteiger partial charge in [0.2, 0.25) is 5.91 Å². The Kier molecular flexibility index (Phi) is 9.48. The highest BCUT2D eigenvalue weighted by molar-refractivity contribution is 6.35. The van der Waals surface area contributed by atoms with Gasteiger partial charge >= 0.3 is 0 Å². The fourth-order valence-electron chi connectivity index (χ4n) is 3.03. The van der Waals surface area contributed by atoms with Crippen LogP contribution in [0.25, 0.3) is 0 Å². The molecule has 2 amide bonds. The lowest BCUT2D eigenvalue weighted by Crippen LogP contribution is -2.49. The van der Waals surface area contributed by atoms with Crippen molar-refractivity contribution in [1.29, 1.82) is 0 Å². The third kappa shape index (κ3) is 7.03. The largest absolute Gasteiger partial charge is 0.484 e. The third-order valence-corrected chi connectivity index (χ3v) is 6.03. The molecule has 0 saturated carbocycles. The van der Waals surface area contributed by atoms with E-state index in [1.165, 1.54) is 4.90 Å². The Bertz CT molecular complexity index is 927. The van der Waals surface area contributed by atoms with Crippen LogP contribution in [0.15, 0.2) is 30.3 Å². The van der Waals surface area contributed by atoms with E-state index in [0.29, 0.717) is 32.9 Å². The molecule has 0 aliphatic carbocycles. The van der Waals surface area contributed by atoms with Crippen LogP contribution < -0.4 is 10.1 Å². The van der Waals surface area contributed by atoms with Crippen LogP contribution in [0.5, 0.6) is 5.75 Å². The number of ether oxygens (including phenoxy) is 1. The number of carbonyl (C=O) groups is 2. The summed E-state index contributed by atoms with van der Waals surface area (Å²) in [7, 11) is 0. The predicted octanol–water partition coefficient (Wildman–Crippen LogP) is 5.59. The number of nitrogens with one attached hydrogen (secondary N) is 1. The molecule has 2 aromatic rings. The molecule has 0 aromatic heterocycles. The number of carbonyl (C=O) groups excluding carboxylic acids is 2. The van der Waals surface area contributed by atoms with Crippen molar-refractivity contribution in [2.24, 2.45) is 0 Å². The lowest BCUT2D eigenvalue weighted by Gasteiger charge is -2.29. The van der Waals surface area contributed by atoms with Gasteiger partial charge in [-0.15, -0.1) is 0 Å². The summed E-state index contributed by atoms with van der Waals surface area (Å²) < 4.78 is 5.73. The Morgan fingerprint density at radius 3 is 2.32 bits per heavy atom. The van der Waals surface area contributed by atoms with Crippen molar-refractivity contribution < 1.29 is 14.3 Å². The molecular formula is C23H27Cl3N2O3. The van der Waals surface area contributed by atoms with E-state index >= 15 is 0 Å². The molecule has 2 rings (SSSR count). The average molecular weight is 486 g/mol. The summed E-state index contributed by atoms with van der Waals surface area (Å²) in [6.45, 7) is 7.86. The van der Waals surface area contributed by atoms with Gasteiger partial charge in [-0.2, -0.15) is 0 Å². The smallest absolute Gasteiger partial charge is 0.261 e. The van der Waals surface area contributed by atoms with Gasteiger partial charge in [0.25, 0.3) is 5.91 Å². The number of halogens is 3. The van der Waals surface area contributed by atoms with Crippen molar-refractivity contribution in [1.82, 2.24) is 10.2 Å². The lowest BCUT2D eigenvalue weighted by molar-refractivity contribution is -0.142. The molecule has 168 valence electrons. The van der Waals surface area contributed by atoms with Crippen LogP contribution in [0, 0.1) is 13.8 Å². The number of rotatable bonds is 9. The second kappa shape index (κ2) is 11.6. The van der Waals surface area contributed by atoms with Gasteiger partial charge in [0.05, 0.1) is 0 Å². The molecule has 1 atom stereocenters. The Morgan fingerprint density at radius 1 is 1.10 bits per heavy atom. The Morgan fingerprint density at radius 2 is 1.74 bits per heavy atom. The molecule has 2 aromatic carbocycles. The minimum absolute atomic E-state index is 0.150. The molecule has 0 spiro atoms. The predicted molar refractivity (Wildman–Crippen MR) is 126 cm³/mol. The molecule has 0 bridgehead atoms. The fourth-order valence-corrected chi connectivity index (χ4v) is 3.61. The molecule has 0 fully saturated rings. The van der Waals surface area contributed by atoms with Crippen LogP contribution in [0.2, 0.25) is 15.1 Å². The highest BCUT2D eigenvalue weighted by atomic mass is 35.5. The van der Waals surface area contributed by atoms with Gasteiger partial charge in [-0.1, -0.05) is 47.8 Å². The van der Waals surface area contributed by atoms with E-state index in [9.17, 15) is 9.59 Å². The highest BCUT2D eigenvalue weighted by Gasteiger charge is 2.27. The van der Waals surface area contributed by atoms with Gasteiger partial charge in [0.15, 0.2) is 6.61 Å². The van der Waals surface area contributed by atoms with Crippen molar-refractivity contribution in [2.45, 2.75) is 46.7 Å². The lowest BCUT2D eigenvalue weighted by atomic mass is 10.1. The first-order chi connectivity index (χ1) is 14.6. The van der Waals surface area contributed by atoms with Crippen LogP contribution in [-0.4, -0.2) is 35.9 Å². The van der Waals surface area contributed by atoms with Gasteiger partial charge in [-0.25, -0.2) is 0 Å². The maximum atomic E-state index is 13.1. The third-order valence-electron chi connectivity index (χ3n) is 4.84. The summed E-state index contributed by atoms with van der Waals surface area (Å²) in [6, 6.07) is 7.90. The van der Waals surface area contributed by atoms with Gasteiger partial charge in [0.1, 0.15) is 11.8 Å². The second-order valence-electron chi connectivity index (χ2n) is 7.38. The first-order valence-corrected chi connectivity index (χ1v) is 11.2. The van der Waals surface area contributed by atoms with E-state index in [4.69, 9.17) is 39.5 Å². The van der Waals surface area contributed by atoms with Gasteiger partial charge < -0.3 is 15.0 Å². The van der Waals surface area contributed by atoms with Crippen molar-refractivity contribution in [3.63, 3.8) is 0 Å². The molecule has 1 N–H and O–H groups in total. The summed E-state index contributed by atoms with van der Waals surface area (Å²) in [4.78, 5) is 27.1. The average Bonchev–Trinajstić information content (AvgIpc) is 2.73. The molecule has 0 saturated heterocycles. The molecule has 0 radical (unpaired) electrons. The van der Waals surface area contributed by atoms with Crippen LogP contribution >= 0.6 is 34.8 Å². The van der Waals surface area contributed by atoms with Crippen molar-refractivity contribution in [3.05, 3.63) is 62.1 Å². The molecule has 5 nitrogen and oxygen atoms in total. The van der Waals surface area contributed by atoms with Crippen LogP contribution in [-0.2, 0) is 16.1 Å². The molecule has 31 heavy (non-hydrogen) atoms. The van der Waals surface area contributed by atoms with Gasteiger partial charge in [-0.3, -0.25) is 9.59 Å². The maximum absolute atomic E-state index is 13.1. The molecule has 0 heterocycles. The number of benzene rings is 2. The monoisotopic (exact) mass is 484 g/mol. The van der Waals surface area contributed by atoms with E-state index < -0.39 is 6.04 Å². The quantitative estimate of drug-likeness (QED) is 0.504. The summed E-state index contributed by atoms with van der Waals surface area (Å²) in [5, 5.41) is 4.42. The number of aryl methyl sites for hydroxylation is 2. The minimum Gasteiger partial charge on any atom is -0.484 e. The summed E-state index contributed by atoms with van der Waals surface area (Å²) in [5.41, 5.74) is 2.41. The first kappa shape index (κ1) is 25.3. The fraction of sp³-hybridized carbons (Fsp3) is 0.391. The van der Waals surface area contributed by atoms with Crippen LogP contribution in [0.4, 0.5) is 0 Å². The van der Waals surface area contributed by atoms with E-state index in [0.717, 1.165) is 17.5 Å².